The molecule has 0 bridgehead atoms. The van der Waals surface area contributed by atoms with Gasteiger partial charge >= 0.3 is 5.97 Å². The second-order valence-electron chi connectivity index (χ2n) is 10.2. The molecule has 1 heterocycles. The van der Waals surface area contributed by atoms with Crippen molar-refractivity contribution < 1.29 is 24.0 Å². The number of amides is 1. The molecule has 0 aliphatic carbocycles. The molecule has 0 fully saturated rings. The van der Waals surface area contributed by atoms with Crippen LogP contribution in [0.4, 0.5) is 0 Å². The summed E-state index contributed by atoms with van der Waals surface area (Å²) in [4.78, 5) is 25.7. The van der Waals surface area contributed by atoms with Crippen LogP contribution in [0, 0.1) is 5.92 Å². The van der Waals surface area contributed by atoms with Gasteiger partial charge in [0.25, 0.3) is 0 Å². The number of imidazole rings is 1. The van der Waals surface area contributed by atoms with Crippen molar-refractivity contribution in [3.05, 3.63) is 90.5 Å². The largest absolute Gasteiger partial charge is 0.460 e. The Labute approximate surface area is 225 Å². The number of nitrogens with one attached hydrogen (secondary N) is 1. The van der Waals surface area contributed by atoms with E-state index in [1.54, 1.807) is 6.92 Å². The average molecular weight is 522 g/mol. The molecular weight excluding hydrogens is 480 g/mol. The van der Waals surface area contributed by atoms with Crippen molar-refractivity contribution in [2.75, 3.05) is 0 Å². The van der Waals surface area contributed by atoms with Crippen LogP contribution in [-0.2, 0) is 33.5 Å². The van der Waals surface area contributed by atoms with E-state index in [0.29, 0.717) is 17.5 Å². The van der Waals surface area contributed by atoms with Crippen LogP contribution in [0.15, 0.2) is 79.4 Å². The van der Waals surface area contributed by atoms with E-state index in [0.717, 1.165) is 13.0 Å². The molecule has 0 spiro atoms. The molecule has 1 amide bonds. The molecule has 0 unspecified atom stereocenters. The second-order valence-corrected chi connectivity index (χ2v) is 10.2. The van der Waals surface area contributed by atoms with Crippen molar-refractivity contribution >= 4 is 11.9 Å². The van der Waals surface area contributed by atoms with Gasteiger partial charge in [0.2, 0.25) is 12.2 Å². The molecular formula is C30H41N4O4+. The zero-order valence-corrected chi connectivity index (χ0v) is 22.8. The molecule has 8 nitrogen and oxygen atoms in total. The van der Waals surface area contributed by atoms with Crippen LogP contribution in [0.5, 0.6) is 0 Å². The third-order valence-corrected chi connectivity index (χ3v) is 6.84. The third kappa shape index (κ3) is 7.30. The maximum absolute atomic E-state index is 13.3. The first-order valence-corrected chi connectivity index (χ1v) is 13.2. The van der Waals surface area contributed by atoms with Gasteiger partial charge in [0.15, 0.2) is 0 Å². The van der Waals surface area contributed by atoms with E-state index >= 15 is 0 Å². The highest BCUT2D eigenvalue weighted by molar-refractivity contribution is 5.83. The minimum Gasteiger partial charge on any atom is -0.460 e. The number of hydrogen-bond acceptors (Lipinski definition) is 5. The summed E-state index contributed by atoms with van der Waals surface area (Å²) < 4.78 is 9.51. The molecule has 0 aliphatic heterocycles. The number of aromatic nitrogens is 2. The van der Waals surface area contributed by atoms with Crippen molar-refractivity contribution in [3.63, 3.8) is 0 Å². The second kappa shape index (κ2) is 13.3. The molecule has 0 saturated heterocycles. The lowest BCUT2D eigenvalue weighted by molar-refractivity contribution is -0.671. The normalized spacial score (nSPS) is 14.1. The number of aryl methyl sites for hydroxylation is 2. The number of esters is 1. The smallest absolute Gasteiger partial charge is 0.306 e. The fraction of sp³-hybridized carbons (Fsp3) is 0.433. The van der Waals surface area contributed by atoms with Crippen molar-refractivity contribution in [2.45, 2.75) is 70.4 Å². The van der Waals surface area contributed by atoms with Gasteiger partial charge < -0.3 is 20.9 Å². The Morgan fingerprint density at radius 2 is 1.61 bits per heavy atom. The van der Waals surface area contributed by atoms with E-state index in [2.05, 4.69) is 9.88 Å². The highest BCUT2D eigenvalue weighted by Gasteiger charge is 2.43. The molecule has 0 radical (unpaired) electrons. The van der Waals surface area contributed by atoms with Gasteiger partial charge in [-0.1, -0.05) is 74.5 Å². The molecule has 8 heteroatoms. The molecule has 4 N–H and O–H groups in total. The van der Waals surface area contributed by atoms with E-state index in [4.69, 9.17) is 10.5 Å². The van der Waals surface area contributed by atoms with Gasteiger partial charge in [0, 0.05) is 6.42 Å². The standard InChI is InChI=1S/C30H40N4O4/c1-22(2)28(30(37,24-13-7-5-8-14-24)25-15-9-6-10-16-25)32-29(36)27(31)23(3)38-26(35)17-11-12-18-34-20-19-33(4)21-34/h5-10,13-16,19-23,27-28,37H,11-12,17-18,31H2,1-4H3/p+1/t23-,27+,28+/m1/s1. The Kier molecular flexibility index (Phi) is 10.2. The lowest BCUT2D eigenvalue weighted by Gasteiger charge is -2.40. The zero-order chi connectivity index (χ0) is 27.7. The number of nitrogens with two attached hydrogens (primary N) is 1. The molecule has 0 aliphatic rings. The van der Waals surface area contributed by atoms with Gasteiger partial charge in [0.1, 0.15) is 30.1 Å². The lowest BCUT2D eigenvalue weighted by atomic mass is 9.75. The van der Waals surface area contributed by atoms with Crippen LogP contribution in [0.1, 0.15) is 51.2 Å². The van der Waals surface area contributed by atoms with Crippen molar-refractivity contribution in [3.8, 4) is 0 Å². The van der Waals surface area contributed by atoms with E-state index in [-0.39, 0.29) is 18.3 Å². The quantitative estimate of drug-likeness (QED) is 0.182. The fourth-order valence-electron chi connectivity index (χ4n) is 4.66. The number of carbonyl (C=O) groups is 2. The van der Waals surface area contributed by atoms with Crippen molar-refractivity contribution in [2.24, 2.45) is 18.7 Å². The summed E-state index contributed by atoms with van der Waals surface area (Å²) >= 11 is 0. The van der Waals surface area contributed by atoms with Gasteiger partial charge in [0.05, 0.1) is 19.6 Å². The maximum atomic E-state index is 13.3. The highest BCUT2D eigenvalue weighted by atomic mass is 16.5. The summed E-state index contributed by atoms with van der Waals surface area (Å²) in [5.41, 5.74) is 6.06. The Hall–Kier alpha value is -3.49. The Balaban J connectivity index is 1.63. The summed E-state index contributed by atoms with van der Waals surface area (Å²) in [5.74, 6) is -1.02. The molecule has 3 aromatic rings. The number of nitrogens with zero attached hydrogens (tertiary/aromatic N) is 2. The summed E-state index contributed by atoms with van der Waals surface area (Å²) in [6, 6.07) is 16.8. The maximum Gasteiger partial charge on any atom is 0.306 e. The zero-order valence-electron chi connectivity index (χ0n) is 22.8. The van der Waals surface area contributed by atoms with Crippen LogP contribution in [-0.4, -0.2) is 39.7 Å². The topological polar surface area (TPSA) is 110 Å². The van der Waals surface area contributed by atoms with E-state index in [9.17, 15) is 14.7 Å². The molecule has 1 aromatic heterocycles. The molecule has 204 valence electrons. The van der Waals surface area contributed by atoms with Gasteiger partial charge in [-0.25, -0.2) is 9.13 Å². The number of carbonyl (C=O) groups excluding carboxylic acids is 2. The van der Waals surface area contributed by atoms with E-state index < -0.39 is 29.7 Å². The van der Waals surface area contributed by atoms with Gasteiger partial charge in [-0.2, -0.15) is 0 Å². The monoisotopic (exact) mass is 521 g/mol. The Morgan fingerprint density at radius 1 is 1.03 bits per heavy atom. The molecule has 0 saturated carbocycles. The van der Waals surface area contributed by atoms with Crippen LogP contribution in [0.25, 0.3) is 0 Å². The average Bonchev–Trinajstić information content (AvgIpc) is 3.34. The first kappa shape index (κ1) is 29.1. The SMILES string of the molecule is CC(C)[C@H](NC(=O)[C@@H](N)[C@@H](C)OC(=O)CCCCn1cc[n+](C)c1)C(O)(c1ccccc1)c1ccccc1. The van der Waals surface area contributed by atoms with Crippen LogP contribution < -0.4 is 15.6 Å². The minimum atomic E-state index is -1.50. The number of benzene rings is 2. The van der Waals surface area contributed by atoms with Crippen LogP contribution in [0.3, 0.4) is 0 Å². The number of ether oxygens (including phenoxy) is 1. The first-order valence-electron chi connectivity index (χ1n) is 13.2. The summed E-state index contributed by atoms with van der Waals surface area (Å²) in [6.45, 7) is 6.30. The van der Waals surface area contributed by atoms with E-state index in [1.165, 1.54) is 0 Å². The summed E-state index contributed by atoms with van der Waals surface area (Å²) in [5, 5.41) is 15.1. The number of hydrogen-bond donors (Lipinski definition) is 3. The predicted octanol–water partition coefficient (Wildman–Crippen LogP) is 2.82. The number of aliphatic hydroxyl groups is 1. The summed E-state index contributed by atoms with van der Waals surface area (Å²) in [7, 11) is 1.96. The van der Waals surface area contributed by atoms with Gasteiger partial charge in [-0.05, 0) is 36.8 Å². The lowest BCUT2D eigenvalue weighted by Crippen LogP contribution is -2.59. The highest BCUT2D eigenvalue weighted by Crippen LogP contribution is 2.36. The Morgan fingerprint density at radius 3 is 2.11 bits per heavy atom. The molecule has 38 heavy (non-hydrogen) atoms. The number of rotatable bonds is 13. The summed E-state index contributed by atoms with van der Waals surface area (Å²) in [6.07, 6.45) is 6.87. The minimum absolute atomic E-state index is 0.142. The molecule has 2 aromatic carbocycles. The van der Waals surface area contributed by atoms with Gasteiger partial charge in [-0.15, -0.1) is 0 Å². The van der Waals surface area contributed by atoms with Crippen molar-refractivity contribution in [1.82, 2.24) is 9.88 Å². The van der Waals surface area contributed by atoms with Crippen LogP contribution >= 0.6 is 0 Å². The first-order chi connectivity index (χ1) is 18.1. The van der Waals surface area contributed by atoms with Crippen molar-refractivity contribution in [1.29, 1.82) is 0 Å². The molecule has 3 atom stereocenters. The van der Waals surface area contributed by atoms with Gasteiger partial charge in [-0.3, -0.25) is 9.59 Å². The van der Waals surface area contributed by atoms with Crippen LogP contribution in [0.2, 0.25) is 0 Å². The Bertz CT molecular complexity index is 1120. The molecule has 3 rings (SSSR count). The number of unbranched alkanes of at least 4 members (excludes halogenated alkanes) is 1. The fourth-order valence-corrected chi connectivity index (χ4v) is 4.66. The van der Waals surface area contributed by atoms with E-state index in [1.807, 2.05) is 105 Å². The predicted molar refractivity (Wildman–Crippen MR) is 146 cm³/mol. The third-order valence-electron chi connectivity index (χ3n) is 6.84.